The highest BCUT2D eigenvalue weighted by Crippen LogP contribution is 2.37. The van der Waals surface area contributed by atoms with Crippen molar-refractivity contribution in [2.24, 2.45) is 11.8 Å². The Kier molecular flexibility index (Phi) is 5.19. The fraction of sp³-hybridized carbons (Fsp3) is 0.522. The Morgan fingerprint density at radius 1 is 1.25 bits per heavy atom. The number of nitrogens with one attached hydrogen (secondary N) is 2. The van der Waals surface area contributed by atoms with Gasteiger partial charge in [0.05, 0.1) is 12.3 Å². The molecule has 0 unspecified atom stereocenters. The van der Waals surface area contributed by atoms with Crippen LogP contribution in [0.15, 0.2) is 18.2 Å². The molecule has 0 radical (unpaired) electrons. The highest BCUT2D eigenvalue weighted by Gasteiger charge is 2.36. The van der Waals surface area contributed by atoms with Gasteiger partial charge in [-0.3, -0.25) is 4.79 Å². The molecule has 1 aromatic carbocycles. The number of amides is 1. The van der Waals surface area contributed by atoms with E-state index in [2.05, 4.69) is 15.6 Å². The van der Waals surface area contributed by atoms with Crippen molar-refractivity contribution in [3.05, 3.63) is 23.9 Å². The van der Waals surface area contributed by atoms with E-state index in [-0.39, 0.29) is 24.7 Å². The largest absolute Gasteiger partial charge is 0.493 e. The van der Waals surface area contributed by atoms with Crippen molar-refractivity contribution < 1.29 is 19.0 Å². The number of rotatable bonds is 6. The molecule has 0 spiro atoms. The summed E-state index contributed by atoms with van der Waals surface area (Å²) in [6.07, 6.45) is 1.98. The van der Waals surface area contributed by atoms with Gasteiger partial charge in [-0.25, -0.2) is 4.98 Å². The van der Waals surface area contributed by atoms with Gasteiger partial charge in [0.25, 0.3) is 0 Å². The van der Waals surface area contributed by atoms with Crippen LogP contribution in [0.25, 0.3) is 0 Å². The molecule has 2 N–H and O–H groups in total. The lowest BCUT2D eigenvalue weighted by Crippen LogP contribution is -2.50. The van der Waals surface area contributed by atoms with Crippen molar-refractivity contribution in [2.45, 2.75) is 45.7 Å². The quantitative estimate of drug-likeness (QED) is 0.708. The lowest BCUT2D eigenvalue weighted by molar-refractivity contribution is -0.118. The molecule has 5 rings (SSSR count). The standard InChI is InChI=1S/C23H29N5O4/c1-12(2)20-22(29)26-19-13(3)24-23(27-21(19)28(20)4)25-15-7-14(8-15)10-30-16-5-6-17-18(9-16)32-11-31-17/h5-6,9,12,14-15,20H,7-8,10-11H2,1-4H3,(H,26,29)(H,24,25,27)/t14?,15?,20-/m0/s1. The average Bonchev–Trinajstić information content (AvgIpc) is 3.18. The number of ether oxygens (including phenoxy) is 3. The van der Waals surface area contributed by atoms with Crippen LogP contribution in [-0.4, -0.2) is 48.4 Å². The first kappa shape index (κ1) is 20.7. The SMILES string of the molecule is Cc1nc(NC2CC(COc3ccc4c(c3)OCO4)C2)nc2c1NC(=O)[C@H](C(C)C)N2C. The maximum absolute atomic E-state index is 12.5. The van der Waals surface area contributed by atoms with Crippen LogP contribution in [0.5, 0.6) is 17.2 Å². The van der Waals surface area contributed by atoms with Gasteiger partial charge in [0, 0.05) is 19.2 Å². The first-order chi connectivity index (χ1) is 15.4. The summed E-state index contributed by atoms with van der Waals surface area (Å²) in [7, 11) is 1.92. The van der Waals surface area contributed by atoms with Gasteiger partial charge >= 0.3 is 0 Å². The van der Waals surface area contributed by atoms with E-state index in [9.17, 15) is 4.79 Å². The number of aromatic nitrogens is 2. The van der Waals surface area contributed by atoms with Crippen LogP contribution in [-0.2, 0) is 4.79 Å². The first-order valence-electron chi connectivity index (χ1n) is 11.1. The van der Waals surface area contributed by atoms with E-state index in [1.54, 1.807) is 0 Å². The third kappa shape index (κ3) is 3.76. The molecule has 1 saturated carbocycles. The van der Waals surface area contributed by atoms with E-state index in [1.165, 1.54) is 0 Å². The van der Waals surface area contributed by atoms with E-state index in [4.69, 9.17) is 19.2 Å². The molecule has 2 aromatic rings. The molecule has 9 heteroatoms. The van der Waals surface area contributed by atoms with Crippen LogP contribution >= 0.6 is 0 Å². The number of hydrogen-bond donors (Lipinski definition) is 2. The summed E-state index contributed by atoms with van der Waals surface area (Å²) in [6, 6.07) is 5.72. The zero-order valence-corrected chi connectivity index (χ0v) is 18.8. The molecule has 1 fully saturated rings. The second-order valence-corrected chi connectivity index (χ2v) is 9.13. The van der Waals surface area contributed by atoms with Crippen LogP contribution in [0.3, 0.4) is 0 Å². The molecular weight excluding hydrogens is 410 g/mol. The highest BCUT2D eigenvalue weighted by molar-refractivity contribution is 6.03. The third-order valence-corrected chi connectivity index (χ3v) is 6.37. The number of carbonyl (C=O) groups excluding carboxylic acids is 1. The van der Waals surface area contributed by atoms with Crippen molar-refractivity contribution in [3.63, 3.8) is 0 Å². The minimum Gasteiger partial charge on any atom is -0.493 e. The molecule has 32 heavy (non-hydrogen) atoms. The Balaban J connectivity index is 1.18. The van der Waals surface area contributed by atoms with Crippen LogP contribution < -0.4 is 29.7 Å². The molecule has 3 heterocycles. The van der Waals surface area contributed by atoms with Crippen LogP contribution in [0, 0.1) is 18.8 Å². The van der Waals surface area contributed by atoms with E-state index < -0.39 is 0 Å². The minimum absolute atomic E-state index is 0.00768. The van der Waals surface area contributed by atoms with Gasteiger partial charge in [0.2, 0.25) is 18.6 Å². The summed E-state index contributed by atoms with van der Waals surface area (Å²) in [4.78, 5) is 23.8. The molecule has 1 aliphatic carbocycles. The number of benzene rings is 1. The molecular formula is C23H29N5O4. The summed E-state index contributed by atoms with van der Waals surface area (Å²) in [5.74, 6) is 4.30. The number of nitrogens with zero attached hydrogens (tertiary/aromatic N) is 3. The van der Waals surface area contributed by atoms with Crippen LogP contribution in [0.1, 0.15) is 32.4 Å². The Labute approximate surface area is 187 Å². The molecule has 170 valence electrons. The fourth-order valence-electron chi connectivity index (χ4n) is 4.63. The Hall–Kier alpha value is -3.23. The van der Waals surface area contributed by atoms with Crippen molar-refractivity contribution in [1.82, 2.24) is 9.97 Å². The maximum Gasteiger partial charge on any atom is 0.247 e. The van der Waals surface area contributed by atoms with E-state index in [0.717, 1.165) is 41.6 Å². The number of aryl methyl sites for hydroxylation is 1. The van der Waals surface area contributed by atoms with Gasteiger partial charge < -0.3 is 29.7 Å². The smallest absolute Gasteiger partial charge is 0.247 e. The van der Waals surface area contributed by atoms with Gasteiger partial charge in [-0.2, -0.15) is 4.98 Å². The van der Waals surface area contributed by atoms with Crippen molar-refractivity contribution in [2.75, 3.05) is 36.0 Å². The van der Waals surface area contributed by atoms with Crippen molar-refractivity contribution in [1.29, 1.82) is 0 Å². The molecule has 0 bridgehead atoms. The molecule has 9 nitrogen and oxygen atoms in total. The number of likely N-dealkylation sites (N-methyl/N-ethyl adjacent to an activating group) is 1. The first-order valence-corrected chi connectivity index (χ1v) is 11.1. The fourth-order valence-corrected chi connectivity index (χ4v) is 4.63. The summed E-state index contributed by atoms with van der Waals surface area (Å²) in [5.41, 5.74) is 1.46. The summed E-state index contributed by atoms with van der Waals surface area (Å²) in [5, 5.41) is 6.44. The van der Waals surface area contributed by atoms with Gasteiger partial charge in [0.15, 0.2) is 17.3 Å². The van der Waals surface area contributed by atoms with Gasteiger partial charge in [-0.1, -0.05) is 13.8 Å². The van der Waals surface area contributed by atoms with Gasteiger partial charge in [-0.05, 0) is 43.7 Å². The molecule has 1 aromatic heterocycles. The molecule has 1 amide bonds. The minimum atomic E-state index is -0.244. The van der Waals surface area contributed by atoms with Gasteiger partial charge in [-0.15, -0.1) is 0 Å². The van der Waals surface area contributed by atoms with Crippen molar-refractivity contribution in [3.8, 4) is 17.2 Å². The summed E-state index contributed by atoms with van der Waals surface area (Å²) >= 11 is 0. The molecule has 0 saturated heterocycles. The summed E-state index contributed by atoms with van der Waals surface area (Å²) in [6.45, 7) is 6.91. The second-order valence-electron chi connectivity index (χ2n) is 9.13. The predicted octanol–water partition coefficient (Wildman–Crippen LogP) is 3.20. The Bertz CT molecular complexity index is 1040. The third-order valence-electron chi connectivity index (χ3n) is 6.37. The normalized spacial score (nSPS) is 23.5. The molecule has 1 atom stereocenters. The topological polar surface area (TPSA) is 97.8 Å². The number of hydrogen-bond acceptors (Lipinski definition) is 8. The number of carbonyl (C=O) groups is 1. The number of anilines is 3. The second kappa shape index (κ2) is 8.03. The van der Waals surface area contributed by atoms with Gasteiger partial charge in [0.1, 0.15) is 17.5 Å². The monoisotopic (exact) mass is 439 g/mol. The lowest BCUT2D eigenvalue weighted by atomic mass is 9.81. The highest BCUT2D eigenvalue weighted by atomic mass is 16.7. The number of fused-ring (bicyclic) bond motifs is 2. The zero-order chi connectivity index (χ0) is 22.4. The van der Waals surface area contributed by atoms with E-state index in [1.807, 2.05) is 50.9 Å². The Morgan fingerprint density at radius 3 is 2.81 bits per heavy atom. The predicted molar refractivity (Wildman–Crippen MR) is 121 cm³/mol. The van der Waals surface area contributed by atoms with E-state index in [0.29, 0.717) is 30.2 Å². The Morgan fingerprint density at radius 2 is 2.03 bits per heavy atom. The van der Waals surface area contributed by atoms with Crippen molar-refractivity contribution >= 4 is 23.4 Å². The molecule has 2 aliphatic heterocycles. The average molecular weight is 440 g/mol. The molecule has 3 aliphatic rings. The summed E-state index contributed by atoms with van der Waals surface area (Å²) < 4.78 is 16.7. The van der Waals surface area contributed by atoms with E-state index >= 15 is 0 Å². The maximum atomic E-state index is 12.5. The lowest BCUT2D eigenvalue weighted by Gasteiger charge is -2.38. The zero-order valence-electron chi connectivity index (χ0n) is 18.8. The van der Waals surface area contributed by atoms with Crippen LogP contribution in [0.2, 0.25) is 0 Å². The van der Waals surface area contributed by atoms with Crippen LogP contribution in [0.4, 0.5) is 17.5 Å².